The molecule has 0 saturated carbocycles. The summed E-state index contributed by atoms with van der Waals surface area (Å²) in [5.41, 5.74) is 2.64. The van der Waals surface area contributed by atoms with Crippen LogP contribution in [0, 0.1) is 6.92 Å². The summed E-state index contributed by atoms with van der Waals surface area (Å²) in [6, 6.07) is 7.83. The number of carbonyl (C=O) groups excluding carboxylic acids is 1. The smallest absolute Gasteiger partial charge is 0.254 e. The van der Waals surface area contributed by atoms with Crippen LogP contribution in [-0.2, 0) is 0 Å². The summed E-state index contributed by atoms with van der Waals surface area (Å²) in [5.74, 6) is 0.915. The summed E-state index contributed by atoms with van der Waals surface area (Å²) < 4.78 is 5.57. The molecule has 5 nitrogen and oxygen atoms in total. The van der Waals surface area contributed by atoms with E-state index in [0.29, 0.717) is 18.7 Å². The third-order valence-corrected chi connectivity index (χ3v) is 3.17. The first kappa shape index (κ1) is 15.1. The minimum atomic E-state index is -0.125. The summed E-state index contributed by atoms with van der Waals surface area (Å²) in [6.45, 7) is 6.95. The van der Waals surface area contributed by atoms with Crippen molar-refractivity contribution in [3.05, 3.63) is 47.3 Å². The predicted octanol–water partition coefficient (Wildman–Crippen LogP) is 2.65. The van der Waals surface area contributed by atoms with Crippen LogP contribution in [0.2, 0.25) is 0 Å². The van der Waals surface area contributed by atoms with Gasteiger partial charge in [0.25, 0.3) is 5.91 Å². The van der Waals surface area contributed by atoms with Crippen molar-refractivity contribution in [3.8, 4) is 5.75 Å². The standard InChI is InChI=1S/C16H21N3O2/c1-11(2)15-14(10-18-19-15)16(20)17-8-9-21-13-6-4-12(3)5-7-13/h4-7,10-11H,8-9H2,1-3H3,(H,17,20)(H,18,19). The first-order valence-corrected chi connectivity index (χ1v) is 7.09. The maximum absolute atomic E-state index is 12.1. The second kappa shape index (κ2) is 6.92. The molecule has 2 aromatic rings. The average molecular weight is 287 g/mol. The molecule has 0 aliphatic carbocycles. The number of H-pyrrole nitrogens is 1. The van der Waals surface area contributed by atoms with E-state index in [1.807, 2.05) is 45.0 Å². The van der Waals surface area contributed by atoms with Crippen molar-refractivity contribution in [1.82, 2.24) is 15.5 Å². The molecule has 1 aromatic carbocycles. The van der Waals surface area contributed by atoms with E-state index >= 15 is 0 Å². The van der Waals surface area contributed by atoms with Crippen molar-refractivity contribution in [3.63, 3.8) is 0 Å². The molecular weight excluding hydrogens is 266 g/mol. The predicted molar refractivity (Wildman–Crippen MR) is 81.7 cm³/mol. The van der Waals surface area contributed by atoms with Gasteiger partial charge in [-0.3, -0.25) is 9.89 Å². The lowest BCUT2D eigenvalue weighted by atomic mass is 10.1. The van der Waals surface area contributed by atoms with Gasteiger partial charge in [-0.15, -0.1) is 0 Å². The Kier molecular flexibility index (Phi) is 4.98. The van der Waals surface area contributed by atoms with Gasteiger partial charge in [0.1, 0.15) is 12.4 Å². The molecule has 1 amide bonds. The number of aromatic nitrogens is 2. The van der Waals surface area contributed by atoms with Crippen LogP contribution in [0.15, 0.2) is 30.5 Å². The summed E-state index contributed by atoms with van der Waals surface area (Å²) in [5, 5.41) is 9.64. The van der Waals surface area contributed by atoms with Gasteiger partial charge in [-0.25, -0.2) is 0 Å². The molecule has 2 rings (SSSR count). The highest BCUT2D eigenvalue weighted by molar-refractivity contribution is 5.95. The average Bonchev–Trinajstić information content (AvgIpc) is 2.95. The fraction of sp³-hybridized carbons (Fsp3) is 0.375. The van der Waals surface area contributed by atoms with Crippen LogP contribution in [0.3, 0.4) is 0 Å². The Morgan fingerprint density at radius 3 is 2.71 bits per heavy atom. The number of aryl methyl sites for hydroxylation is 1. The lowest BCUT2D eigenvalue weighted by Crippen LogP contribution is -2.28. The van der Waals surface area contributed by atoms with E-state index in [1.54, 1.807) is 6.20 Å². The highest BCUT2D eigenvalue weighted by atomic mass is 16.5. The van der Waals surface area contributed by atoms with Crippen molar-refractivity contribution >= 4 is 5.91 Å². The zero-order chi connectivity index (χ0) is 15.2. The van der Waals surface area contributed by atoms with Crippen LogP contribution in [0.5, 0.6) is 5.75 Å². The molecule has 0 fully saturated rings. The molecular formula is C16H21N3O2. The Labute approximate surface area is 124 Å². The molecule has 0 aliphatic rings. The molecule has 0 spiro atoms. The molecule has 0 aliphatic heterocycles. The topological polar surface area (TPSA) is 67.0 Å². The second-order valence-corrected chi connectivity index (χ2v) is 5.27. The Bertz CT molecular complexity index is 588. The van der Waals surface area contributed by atoms with Gasteiger partial charge in [-0.2, -0.15) is 5.10 Å². The van der Waals surface area contributed by atoms with Crippen molar-refractivity contribution in [2.24, 2.45) is 0 Å². The first-order valence-electron chi connectivity index (χ1n) is 7.09. The minimum absolute atomic E-state index is 0.125. The van der Waals surface area contributed by atoms with E-state index in [2.05, 4.69) is 15.5 Å². The number of nitrogens with one attached hydrogen (secondary N) is 2. The molecule has 112 valence electrons. The molecule has 0 saturated heterocycles. The van der Waals surface area contributed by atoms with Gasteiger partial charge in [-0.1, -0.05) is 31.5 Å². The second-order valence-electron chi connectivity index (χ2n) is 5.27. The SMILES string of the molecule is Cc1ccc(OCCNC(=O)c2cn[nH]c2C(C)C)cc1. The number of amides is 1. The van der Waals surface area contributed by atoms with Gasteiger partial charge in [0, 0.05) is 0 Å². The normalized spacial score (nSPS) is 10.7. The van der Waals surface area contributed by atoms with Crippen LogP contribution in [0.4, 0.5) is 0 Å². The van der Waals surface area contributed by atoms with E-state index in [-0.39, 0.29) is 11.8 Å². The number of rotatable bonds is 6. The van der Waals surface area contributed by atoms with E-state index in [9.17, 15) is 4.79 Å². The molecule has 0 unspecified atom stereocenters. The third-order valence-electron chi connectivity index (χ3n) is 3.17. The summed E-state index contributed by atoms with van der Waals surface area (Å²) in [4.78, 5) is 12.1. The third kappa shape index (κ3) is 4.08. The fourth-order valence-corrected chi connectivity index (χ4v) is 1.98. The van der Waals surface area contributed by atoms with Gasteiger partial charge in [0.05, 0.1) is 24.0 Å². The van der Waals surface area contributed by atoms with Gasteiger partial charge in [0.15, 0.2) is 0 Å². The number of hydrogen-bond donors (Lipinski definition) is 2. The summed E-state index contributed by atoms with van der Waals surface area (Å²) in [7, 11) is 0. The van der Waals surface area contributed by atoms with Crippen molar-refractivity contribution in [1.29, 1.82) is 0 Å². The Morgan fingerprint density at radius 1 is 1.33 bits per heavy atom. The van der Waals surface area contributed by atoms with Crippen molar-refractivity contribution in [2.45, 2.75) is 26.7 Å². The monoisotopic (exact) mass is 287 g/mol. The Hall–Kier alpha value is -2.30. The molecule has 21 heavy (non-hydrogen) atoms. The fourth-order valence-electron chi connectivity index (χ4n) is 1.98. The largest absolute Gasteiger partial charge is 0.492 e. The molecule has 0 radical (unpaired) electrons. The zero-order valence-corrected chi connectivity index (χ0v) is 12.6. The van der Waals surface area contributed by atoms with Crippen LogP contribution in [0.1, 0.15) is 41.4 Å². The maximum atomic E-state index is 12.1. The number of hydrogen-bond acceptors (Lipinski definition) is 3. The van der Waals surface area contributed by atoms with Gasteiger partial charge < -0.3 is 10.1 Å². The number of benzene rings is 1. The molecule has 1 heterocycles. The van der Waals surface area contributed by atoms with E-state index in [4.69, 9.17) is 4.74 Å². The number of aromatic amines is 1. The first-order chi connectivity index (χ1) is 10.1. The van der Waals surface area contributed by atoms with Crippen molar-refractivity contribution in [2.75, 3.05) is 13.2 Å². The molecule has 2 N–H and O–H groups in total. The van der Waals surface area contributed by atoms with Crippen LogP contribution < -0.4 is 10.1 Å². The van der Waals surface area contributed by atoms with Crippen molar-refractivity contribution < 1.29 is 9.53 Å². The maximum Gasteiger partial charge on any atom is 0.254 e. The Morgan fingerprint density at radius 2 is 2.05 bits per heavy atom. The highest BCUT2D eigenvalue weighted by Gasteiger charge is 2.15. The molecule has 0 atom stereocenters. The van der Waals surface area contributed by atoms with E-state index < -0.39 is 0 Å². The summed E-state index contributed by atoms with van der Waals surface area (Å²) in [6.07, 6.45) is 1.56. The zero-order valence-electron chi connectivity index (χ0n) is 12.6. The molecule has 0 bridgehead atoms. The molecule has 1 aromatic heterocycles. The summed E-state index contributed by atoms with van der Waals surface area (Å²) >= 11 is 0. The van der Waals surface area contributed by atoms with Gasteiger partial charge in [-0.05, 0) is 25.0 Å². The van der Waals surface area contributed by atoms with Gasteiger partial charge in [0.2, 0.25) is 0 Å². The Balaban J connectivity index is 1.79. The van der Waals surface area contributed by atoms with Crippen LogP contribution in [-0.4, -0.2) is 29.3 Å². The van der Waals surface area contributed by atoms with Gasteiger partial charge >= 0.3 is 0 Å². The van der Waals surface area contributed by atoms with Crippen LogP contribution in [0.25, 0.3) is 0 Å². The number of nitrogens with zero attached hydrogens (tertiary/aromatic N) is 1. The number of carbonyl (C=O) groups is 1. The lowest BCUT2D eigenvalue weighted by molar-refractivity contribution is 0.0945. The minimum Gasteiger partial charge on any atom is -0.492 e. The van der Waals surface area contributed by atoms with Crippen LogP contribution >= 0.6 is 0 Å². The number of ether oxygens (including phenoxy) is 1. The van der Waals surface area contributed by atoms with E-state index in [1.165, 1.54) is 5.56 Å². The molecule has 5 heteroatoms. The lowest BCUT2D eigenvalue weighted by Gasteiger charge is -2.09. The highest BCUT2D eigenvalue weighted by Crippen LogP contribution is 2.15. The quantitative estimate of drug-likeness (QED) is 0.803. The van der Waals surface area contributed by atoms with E-state index in [0.717, 1.165) is 11.4 Å².